The number of benzene rings is 1. The Balaban J connectivity index is 1.99. The summed E-state index contributed by atoms with van der Waals surface area (Å²) in [5, 5.41) is 2.91. The molecule has 1 amide bonds. The molecule has 0 spiro atoms. The van der Waals surface area contributed by atoms with E-state index < -0.39 is 0 Å². The van der Waals surface area contributed by atoms with E-state index >= 15 is 0 Å². The molecule has 0 fully saturated rings. The molecular formula is C14H22N2O. The molecule has 3 N–H and O–H groups in total. The molecule has 0 aliphatic rings. The molecule has 0 saturated heterocycles. The van der Waals surface area contributed by atoms with Gasteiger partial charge in [0.25, 0.3) is 0 Å². The van der Waals surface area contributed by atoms with Gasteiger partial charge in [-0.1, -0.05) is 30.3 Å². The molecule has 3 nitrogen and oxygen atoms in total. The number of nitrogens with one attached hydrogen (secondary N) is 1. The van der Waals surface area contributed by atoms with Crippen LogP contribution >= 0.6 is 0 Å². The minimum absolute atomic E-state index is 0.121. The van der Waals surface area contributed by atoms with Crippen LogP contribution < -0.4 is 11.1 Å². The Morgan fingerprint density at radius 3 is 2.59 bits per heavy atom. The highest BCUT2D eigenvalue weighted by molar-refractivity contribution is 5.75. The summed E-state index contributed by atoms with van der Waals surface area (Å²) < 4.78 is 0. The number of amides is 1. The number of aryl methyl sites for hydroxylation is 1. The van der Waals surface area contributed by atoms with Crippen molar-refractivity contribution in [2.75, 3.05) is 13.1 Å². The van der Waals surface area contributed by atoms with Gasteiger partial charge in [-0.25, -0.2) is 0 Å². The largest absolute Gasteiger partial charge is 0.356 e. The Morgan fingerprint density at radius 1 is 1.12 bits per heavy atom. The first-order valence-electron chi connectivity index (χ1n) is 6.33. The van der Waals surface area contributed by atoms with E-state index in [4.69, 9.17) is 5.73 Å². The Bertz CT molecular complexity index is 311. The van der Waals surface area contributed by atoms with Crippen molar-refractivity contribution in [3.63, 3.8) is 0 Å². The molecule has 1 aromatic carbocycles. The number of carbonyl (C=O) groups is 1. The summed E-state index contributed by atoms with van der Waals surface area (Å²) >= 11 is 0. The van der Waals surface area contributed by atoms with Crippen molar-refractivity contribution >= 4 is 5.91 Å². The predicted molar refractivity (Wildman–Crippen MR) is 70.7 cm³/mol. The van der Waals surface area contributed by atoms with E-state index in [1.54, 1.807) is 0 Å². The highest BCUT2D eigenvalue weighted by Crippen LogP contribution is 2.03. The zero-order chi connectivity index (χ0) is 12.3. The second-order valence-corrected chi connectivity index (χ2v) is 4.18. The van der Waals surface area contributed by atoms with Gasteiger partial charge in [0.2, 0.25) is 5.91 Å². The van der Waals surface area contributed by atoms with Gasteiger partial charge < -0.3 is 11.1 Å². The first-order valence-corrected chi connectivity index (χ1v) is 6.33. The highest BCUT2D eigenvalue weighted by atomic mass is 16.1. The van der Waals surface area contributed by atoms with Gasteiger partial charge in [-0.05, 0) is 37.8 Å². The number of hydrogen-bond donors (Lipinski definition) is 2. The third kappa shape index (κ3) is 6.74. The monoisotopic (exact) mass is 234 g/mol. The lowest BCUT2D eigenvalue weighted by atomic mass is 10.1. The minimum atomic E-state index is 0.121. The highest BCUT2D eigenvalue weighted by Gasteiger charge is 1.99. The average molecular weight is 234 g/mol. The van der Waals surface area contributed by atoms with Gasteiger partial charge in [0.1, 0.15) is 0 Å². The summed E-state index contributed by atoms with van der Waals surface area (Å²) in [6, 6.07) is 10.4. The summed E-state index contributed by atoms with van der Waals surface area (Å²) in [4.78, 5) is 11.3. The average Bonchev–Trinajstić information content (AvgIpc) is 2.37. The maximum absolute atomic E-state index is 11.3. The molecule has 94 valence electrons. The molecule has 0 bridgehead atoms. The third-order valence-corrected chi connectivity index (χ3v) is 2.67. The Labute approximate surface area is 103 Å². The van der Waals surface area contributed by atoms with Crippen molar-refractivity contribution in [3.05, 3.63) is 35.9 Å². The summed E-state index contributed by atoms with van der Waals surface area (Å²) in [6.45, 7) is 1.36. The quantitative estimate of drug-likeness (QED) is 0.675. The fourth-order valence-corrected chi connectivity index (χ4v) is 1.68. The SMILES string of the molecule is NCCCC(=O)NCCCCc1ccccc1. The minimum Gasteiger partial charge on any atom is -0.356 e. The van der Waals surface area contributed by atoms with Crippen LogP contribution in [0.5, 0.6) is 0 Å². The lowest BCUT2D eigenvalue weighted by Crippen LogP contribution is -2.24. The van der Waals surface area contributed by atoms with Gasteiger partial charge in [-0.3, -0.25) is 4.79 Å². The number of carbonyl (C=O) groups excluding carboxylic acids is 1. The van der Waals surface area contributed by atoms with Crippen LogP contribution in [0.25, 0.3) is 0 Å². The second kappa shape index (κ2) is 8.76. The topological polar surface area (TPSA) is 55.1 Å². The Hall–Kier alpha value is -1.35. The van der Waals surface area contributed by atoms with E-state index in [0.717, 1.165) is 32.2 Å². The van der Waals surface area contributed by atoms with E-state index in [0.29, 0.717) is 13.0 Å². The standard InChI is InChI=1S/C14H22N2O/c15-11-6-10-14(17)16-12-5-4-9-13-7-2-1-3-8-13/h1-3,7-8H,4-6,9-12,15H2,(H,16,17). The number of unbranched alkanes of at least 4 members (excludes halogenated alkanes) is 1. The first kappa shape index (κ1) is 13.7. The molecule has 0 aromatic heterocycles. The van der Waals surface area contributed by atoms with E-state index in [2.05, 4.69) is 29.6 Å². The number of hydrogen-bond acceptors (Lipinski definition) is 2. The second-order valence-electron chi connectivity index (χ2n) is 4.18. The molecule has 0 unspecified atom stereocenters. The zero-order valence-electron chi connectivity index (χ0n) is 10.3. The van der Waals surface area contributed by atoms with E-state index in [-0.39, 0.29) is 5.91 Å². The van der Waals surface area contributed by atoms with Gasteiger partial charge in [0, 0.05) is 13.0 Å². The third-order valence-electron chi connectivity index (χ3n) is 2.67. The summed E-state index contributed by atoms with van der Waals surface area (Å²) in [5.41, 5.74) is 6.70. The van der Waals surface area contributed by atoms with Crippen molar-refractivity contribution in [2.24, 2.45) is 5.73 Å². The Morgan fingerprint density at radius 2 is 1.88 bits per heavy atom. The maximum Gasteiger partial charge on any atom is 0.220 e. The molecule has 3 heteroatoms. The lowest BCUT2D eigenvalue weighted by Gasteiger charge is -2.04. The van der Waals surface area contributed by atoms with Gasteiger partial charge in [-0.2, -0.15) is 0 Å². The van der Waals surface area contributed by atoms with Gasteiger partial charge in [-0.15, -0.1) is 0 Å². The molecule has 0 saturated carbocycles. The zero-order valence-corrected chi connectivity index (χ0v) is 10.3. The molecule has 0 aliphatic heterocycles. The fourth-order valence-electron chi connectivity index (χ4n) is 1.68. The molecule has 0 radical (unpaired) electrons. The molecule has 1 aromatic rings. The first-order chi connectivity index (χ1) is 8.33. The van der Waals surface area contributed by atoms with Crippen LogP contribution in [0.15, 0.2) is 30.3 Å². The Kier molecular flexibility index (Phi) is 7.07. The van der Waals surface area contributed by atoms with Crippen LogP contribution in [-0.2, 0) is 11.2 Å². The van der Waals surface area contributed by atoms with Crippen LogP contribution in [0, 0.1) is 0 Å². The normalized spacial score (nSPS) is 10.2. The maximum atomic E-state index is 11.3. The van der Waals surface area contributed by atoms with Gasteiger partial charge in [0.05, 0.1) is 0 Å². The molecule has 1 rings (SSSR count). The van der Waals surface area contributed by atoms with Gasteiger partial charge in [0.15, 0.2) is 0 Å². The lowest BCUT2D eigenvalue weighted by molar-refractivity contribution is -0.121. The molecule has 0 atom stereocenters. The smallest absolute Gasteiger partial charge is 0.220 e. The van der Waals surface area contributed by atoms with Crippen molar-refractivity contribution in [1.29, 1.82) is 0 Å². The number of rotatable bonds is 8. The predicted octanol–water partition coefficient (Wildman–Crippen LogP) is 1.86. The van der Waals surface area contributed by atoms with E-state index in [9.17, 15) is 4.79 Å². The summed E-state index contributed by atoms with van der Waals surface area (Å²) in [5.74, 6) is 0.121. The molecule has 0 heterocycles. The van der Waals surface area contributed by atoms with Crippen molar-refractivity contribution in [1.82, 2.24) is 5.32 Å². The van der Waals surface area contributed by atoms with E-state index in [1.807, 2.05) is 6.07 Å². The molecular weight excluding hydrogens is 212 g/mol. The summed E-state index contributed by atoms with van der Waals surface area (Å²) in [6.07, 6.45) is 4.55. The van der Waals surface area contributed by atoms with Crippen LogP contribution in [0.4, 0.5) is 0 Å². The van der Waals surface area contributed by atoms with Crippen LogP contribution in [-0.4, -0.2) is 19.0 Å². The molecule has 17 heavy (non-hydrogen) atoms. The van der Waals surface area contributed by atoms with Crippen molar-refractivity contribution < 1.29 is 4.79 Å². The van der Waals surface area contributed by atoms with Crippen LogP contribution in [0.1, 0.15) is 31.2 Å². The number of nitrogens with two attached hydrogens (primary N) is 1. The van der Waals surface area contributed by atoms with Gasteiger partial charge >= 0.3 is 0 Å². The van der Waals surface area contributed by atoms with Crippen molar-refractivity contribution in [2.45, 2.75) is 32.1 Å². The van der Waals surface area contributed by atoms with E-state index in [1.165, 1.54) is 5.56 Å². The molecule has 0 aliphatic carbocycles. The van der Waals surface area contributed by atoms with Crippen LogP contribution in [0.3, 0.4) is 0 Å². The summed E-state index contributed by atoms with van der Waals surface area (Å²) in [7, 11) is 0. The van der Waals surface area contributed by atoms with Crippen LogP contribution in [0.2, 0.25) is 0 Å². The van der Waals surface area contributed by atoms with Crippen molar-refractivity contribution in [3.8, 4) is 0 Å². The fraction of sp³-hybridized carbons (Fsp3) is 0.500.